The Balaban J connectivity index is 2.46. The zero-order chi connectivity index (χ0) is 15.6. The van der Waals surface area contributed by atoms with E-state index in [-0.39, 0.29) is 11.3 Å². The van der Waals surface area contributed by atoms with Crippen LogP contribution in [0.25, 0.3) is 10.2 Å². The second-order valence-electron chi connectivity index (χ2n) is 5.35. The van der Waals surface area contributed by atoms with Gasteiger partial charge in [0.05, 0.1) is 11.1 Å². The highest BCUT2D eigenvalue weighted by molar-refractivity contribution is 7.99. The van der Waals surface area contributed by atoms with Crippen LogP contribution in [0.5, 0.6) is 0 Å². The summed E-state index contributed by atoms with van der Waals surface area (Å²) in [6.45, 7) is 6.85. The number of rotatable bonds is 6. The van der Waals surface area contributed by atoms with Crippen LogP contribution < -0.4 is 5.56 Å². The molecule has 0 aliphatic rings. The maximum atomic E-state index is 12.6. The summed E-state index contributed by atoms with van der Waals surface area (Å²) in [5.74, 6) is -0.263. The molecule has 1 unspecified atom stereocenters. The summed E-state index contributed by atoms with van der Waals surface area (Å²) >= 11 is 2.50. The van der Waals surface area contributed by atoms with Crippen molar-refractivity contribution < 1.29 is 9.90 Å². The van der Waals surface area contributed by atoms with Gasteiger partial charge in [-0.25, -0.2) is 4.98 Å². The minimum atomic E-state index is -0.913. The molecule has 0 spiro atoms. The summed E-state index contributed by atoms with van der Waals surface area (Å²) < 4.78 is 1.62. The first kappa shape index (κ1) is 16.0. The number of fused-ring (bicyclic) bond motifs is 1. The van der Waals surface area contributed by atoms with E-state index < -0.39 is 5.97 Å². The van der Waals surface area contributed by atoms with Crippen LogP contribution in [0, 0.1) is 11.8 Å². The van der Waals surface area contributed by atoms with Crippen LogP contribution in [0.3, 0.4) is 0 Å². The molecule has 2 heterocycles. The van der Waals surface area contributed by atoms with E-state index in [2.05, 4.69) is 25.8 Å². The number of aliphatic carboxylic acids is 1. The Morgan fingerprint density at radius 1 is 1.48 bits per heavy atom. The summed E-state index contributed by atoms with van der Waals surface area (Å²) in [5.41, 5.74) is -0.0818. The van der Waals surface area contributed by atoms with E-state index in [0.29, 0.717) is 33.8 Å². The minimum Gasteiger partial charge on any atom is -0.481 e. The Labute approximate surface area is 131 Å². The van der Waals surface area contributed by atoms with Crippen molar-refractivity contribution >= 4 is 39.3 Å². The van der Waals surface area contributed by atoms with E-state index in [9.17, 15) is 9.59 Å². The van der Waals surface area contributed by atoms with Gasteiger partial charge in [-0.15, -0.1) is 11.3 Å². The average molecular weight is 326 g/mol. The quantitative estimate of drug-likeness (QED) is 0.653. The molecule has 0 aliphatic heterocycles. The predicted octanol–water partition coefficient (Wildman–Crippen LogP) is 2.93. The molecule has 2 aromatic rings. The van der Waals surface area contributed by atoms with Crippen LogP contribution in [0.2, 0.25) is 0 Å². The second-order valence-corrected chi connectivity index (χ2v) is 7.19. The molecule has 5 nitrogen and oxygen atoms in total. The first-order valence-corrected chi connectivity index (χ1v) is 8.59. The van der Waals surface area contributed by atoms with Crippen LogP contribution in [0.1, 0.15) is 20.8 Å². The van der Waals surface area contributed by atoms with Gasteiger partial charge in [0.25, 0.3) is 5.56 Å². The van der Waals surface area contributed by atoms with Crippen molar-refractivity contribution in [3.63, 3.8) is 0 Å². The van der Waals surface area contributed by atoms with Gasteiger partial charge in [0.1, 0.15) is 4.83 Å². The third-order valence-electron chi connectivity index (χ3n) is 3.48. The average Bonchev–Trinajstić information content (AvgIpc) is 2.88. The third-order valence-corrected chi connectivity index (χ3v) is 5.25. The van der Waals surface area contributed by atoms with Gasteiger partial charge in [-0.3, -0.25) is 14.2 Å². The van der Waals surface area contributed by atoms with Gasteiger partial charge < -0.3 is 5.11 Å². The molecule has 0 aromatic carbocycles. The first-order valence-electron chi connectivity index (χ1n) is 6.72. The van der Waals surface area contributed by atoms with E-state index in [1.54, 1.807) is 10.6 Å². The van der Waals surface area contributed by atoms with E-state index in [4.69, 9.17) is 5.11 Å². The number of carbonyl (C=O) groups is 1. The zero-order valence-corrected chi connectivity index (χ0v) is 13.8. The summed E-state index contributed by atoms with van der Waals surface area (Å²) in [5, 5.41) is 11.8. The molecule has 0 saturated carbocycles. The molecule has 0 bridgehead atoms. The molecule has 2 rings (SSSR count). The smallest absolute Gasteiger partial charge is 0.313 e. The summed E-state index contributed by atoms with van der Waals surface area (Å²) in [6.07, 6.45) is 0. The van der Waals surface area contributed by atoms with Crippen molar-refractivity contribution in [1.82, 2.24) is 9.55 Å². The monoisotopic (exact) mass is 326 g/mol. The van der Waals surface area contributed by atoms with Gasteiger partial charge in [0, 0.05) is 6.54 Å². The topological polar surface area (TPSA) is 72.2 Å². The van der Waals surface area contributed by atoms with Gasteiger partial charge in [-0.05, 0) is 23.3 Å². The van der Waals surface area contributed by atoms with E-state index in [0.717, 1.165) is 11.8 Å². The molecular weight excluding hydrogens is 308 g/mol. The molecule has 21 heavy (non-hydrogen) atoms. The standard InChI is InChI=1S/C14H18N2O3S2/c1-8(2)9(3)6-16-13(19)10-4-5-20-12(10)15-14(16)21-7-11(17)18/h4-5,8-9H,6-7H2,1-3H3,(H,17,18). The number of aromatic nitrogens is 2. The largest absolute Gasteiger partial charge is 0.481 e. The van der Waals surface area contributed by atoms with Crippen molar-refractivity contribution in [2.45, 2.75) is 32.5 Å². The molecular formula is C14H18N2O3S2. The molecule has 0 fully saturated rings. The maximum Gasteiger partial charge on any atom is 0.313 e. The van der Waals surface area contributed by atoms with E-state index >= 15 is 0 Å². The Kier molecular flexibility index (Phi) is 5.05. The third kappa shape index (κ3) is 3.65. The maximum absolute atomic E-state index is 12.6. The SMILES string of the molecule is CC(C)C(C)Cn1c(SCC(=O)O)nc2sccc2c1=O. The Bertz CT molecular complexity index is 706. The summed E-state index contributed by atoms with van der Waals surface area (Å²) in [7, 11) is 0. The molecule has 114 valence electrons. The molecule has 7 heteroatoms. The Morgan fingerprint density at radius 3 is 2.81 bits per heavy atom. The lowest BCUT2D eigenvalue weighted by Crippen LogP contribution is -2.27. The van der Waals surface area contributed by atoms with Gasteiger partial charge >= 0.3 is 5.97 Å². The van der Waals surface area contributed by atoms with Gasteiger partial charge in [-0.1, -0.05) is 32.5 Å². The summed E-state index contributed by atoms with van der Waals surface area (Å²) in [6, 6.07) is 1.78. The van der Waals surface area contributed by atoms with Crippen molar-refractivity contribution in [2.24, 2.45) is 11.8 Å². The van der Waals surface area contributed by atoms with Crippen LogP contribution in [0.4, 0.5) is 0 Å². The van der Waals surface area contributed by atoms with Crippen LogP contribution in [-0.4, -0.2) is 26.4 Å². The minimum absolute atomic E-state index is 0.0818. The number of thioether (sulfide) groups is 1. The fourth-order valence-electron chi connectivity index (χ4n) is 1.83. The summed E-state index contributed by atoms with van der Waals surface area (Å²) in [4.78, 5) is 28.5. The highest BCUT2D eigenvalue weighted by atomic mass is 32.2. The van der Waals surface area contributed by atoms with E-state index in [1.165, 1.54) is 11.3 Å². The molecule has 0 aliphatic carbocycles. The number of carboxylic acids is 1. The van der Waals surface area contributed by atoms with Gasteiger partial charge in [-0.2, -0.15) is 0 Å². The fraction of sp³-hybridized carbons (Fsp3) is 0.500. The molecule has 0 amide bonds. The molecule has 1 N–H and O–H groups in total. The number of nitrogens with zero attached hydrogens (tertiary/aromatic N) is 2. The van der Waals surface area contributed by atoms with Crippen LogP contribution in [0.15, 0.2) is 21.4 Å². The molecule has 2 aromatic heterocycles. The fourth-order valence-corrected chi connectivity index (χ4v) is 3.36. The van der Waals surface area contributed by atoms with Crippen molar-refractivity contribution in [3.8, 4) is 0 Å². The van der Waals surface area contributed by atoms with Crippen LogP contribution in [-0.2, 0) is 11.3 Å². The number of hydrogen-bond acceptors (Lipinski definition) is 5. The van der Waals surface area contributed by atoms with Crippen molar-refractivity contribution in [2.75, 3.05) is 5.75 Å². The first-order chi connectivity index (χ1) is 9.90. The predicted molar refractivity (Wildman–Crippen MR) is 86.2 cm³/mol. The molecule has 0 radical (unpaired) electrons. The number of hydrogen-bond donors (Lipinski definition) is 1. The molecule has 0 saturated heterocycles. The normalized spacial score (nSPS) is 13.0. The van der Waals surface area contributed by atoms with Crippen molar-refractivity contribution in [1.29, 1.82) is 0 Å². The Morgan fingerprint density at radius 2 is 2.19 bits per heavy atom. The van der Waals surface area contributed by atoms with Gasteiger partial charge in [0.2, 0.25) is 0 Å². The lowest BCUT2D eigenvalue weighted by Gasteiger charge is -2.19. The molecule has 1 atom stereocenters. The van der Waals surface area contributed by atoms with Crippen molar-refractivity contribution in [3.05, 3.63) is 21.8 Å². The number of thiophene rings is 1. The highest BCUT2D eigenvalue weighted by Gasteiger charge is 2.17. The lowest BCUT2D eigenvalue weighted by atomic mass is 9.98. The zero-order valence-electron chi connectivity index (χ0n) is 12.2. The lowest BCUT2D eigenvalue weighted by molar-refractivity contribution is -0.133. The highest BCUT2D eigenvalue weighted by Crippen LogP contribution is 2.23. The van der Waals surface area contributed by atoms with E-state index in [1.807, 2.05) is 5.38 Å². The number of carboxylic acid groups (broad SMARTS) is 1. The van der Waals surface area contributed by atoms with Crippen LogP contribution >= 0.6 is 23.1 Å². The Hall–Kier alpha value is -1.34. The van der Waals surface area contributed by atoms with Gasteiger partial charge in [0.15, 0.2) is 5.16 Å². The second kappa shape index (κ2) is 6.62.